The van der Waals surface area contributed by atoms with Crippen molar-refractivity contribution in [3.63, 3.8) is 0 Å². The highest BCUT2D eigenvalue weighted by atomic mass is 31.2. The van der Waals surface area contributed by atoms with Crippen molar-refractivity contribution in [3.05, 3.63) is 122 Å². The quantitative estimate of drug-likeness (QED) is 0.0272. The van der Waals surface area contributed by atoms with Gasteiger partial charge in [0.2, 0.25) is 5.91 Å². The number of quaternary nitrogens is 1. The number of nitrogens with zero attached hydrogens (tertiary/aromatic N) is 1. The van der Waals surface area contributed by atoms with Crippen molar-refractivity contribution >= 4 is 13.7 Å². The van der Waals surface area contributed by atoms with E-state index in [-0.39, 0.29) is 12.5 Å². The second kappa shape index (κ2) is 65.3. The van der Waals surface area contributed by atoms with Crippen molar-refractivity contribution < 1.29 is 32.9 Å². The highest BCUT2D eigenvalue weighted by Gasteiger charge is 2.23. The van der Waals surface area contributed by atoms with Gasteiger partial charge in [-0.15, -0.1) is 0 Å². The van der Waals surface area contributed by atoms with Crippen LogP contribution < -0.4 is 10.2 Å². The van der Waals surface area contributed by atoms with Gasteiger partial charge in [-0.05, 0) is 103 Å². The highest BCUT2D eigenvalue weighted by molar-refractivity contribution is 7.45. The number of unbranched alkanes of at least 4 members (excludes halogenated alkanes) is 33. The molecule has 0 bridgehead atoms. The fraction of sp³-hybridized carbons (Fsp3) is 0.724. The zero-order valence-electron chi connectivity index (χ0n) is 56.0. The van der Waals surface area contributed by atoms with Crippen LogP contribution in [0, 0.1) is 0 Å². The molecule has 0 saturated carbocycles. The minimum absolute atomic E-state index is 0.0149. The second-order valence-corrected chi connectivity index (χ2v) is 26.2. The summed E-state index contributed by atoms with van der Waals surface area (Å²) in [6.45, 7) is 4.52. The van der Waals surface area contributed by atoms with Crippen molar-refractivity contribution in [1.82, 2.24) is 5.32 Å². The van der Waals surface area contributed by atoms with E-state index in [2.05, 4.69) is 129 Å². The number of nitrogens with one attached hydrogen (secondary N) is 1. The summed E-state index contributed by atoms with van der Waals surface area (Å²) in [5.74, 6) is -0.217. The van der Waals surface area contributed by atoms with Gasteiger partial charge in [-0.25, -0.2) is 0 Å². The highest BCUT2D eigenvalue weighted by Crippen LogP contribution is 2.38. The molecule has 0 aliphatic rings. The lowest BCUT2D eigenvalue weighted by molar-refractivity contribution is -0.870. The summed E-state index contributed by atoms with van der Waals surface area (Å²) in [4.78, 5) is 25.6. The minimum Gasteiger partial charge on any atom is -0.756 e. The zero-order chi connectivity index (χ0) is 61.9. The van der Waals surface area contributed by atoms with Crippen LogP contribution in [-0.4, -0.2) is 68.5 Å². The molecular weight excluding hydrogens is 1070 g/mol. The molecule has 490 valence electrons. The number of phosphoric ester groups is 1. The molecule has 0 heterocycles. The van der Waals surface area contributed by atoms with E-state index in [1.165, 1.54) is 186 Å². The Bertz CT molecular complexity index is 1800. The fourth-order valence-corrected chi connectivity index (χ4v) is 10.7. The lowest BCUT2D eigenvalue weighted by Crippen LogP contribution is -2.45. The van der Waals surface area contributed by atoms with E-state index in [1.807, 2.05) is 27.2 Å². The van der Waals surface area contributed by atoms with Gasteiger partial charge in [-0.1, -0.05) is 315 Å². The van der Waals surface area contributed by atoms with Crippen LogP contribution in [-0.2, 0) is 18.4 Å². The van der Waals surface area contributed by atoms with E-state index in [4.69, 9.17) is 9.05 Å². The first-order chi connectivity index (χ1) is 41.5. The van der Waals surface area contributed by atoms with Gasteiger partial charge in [-0.2, -0.15) is 0 Å². The van der Waals surface area contributed by atoms with E-state index in [9.17, 15) is 19.4 Å². The Kier molecular flexibility index (Phi) is 63.0. The first-order valence-electron chi connectivity index (χ1n) is 35.4. The minimum atomic E-state index is -4.63. The molecule has 1 amide bonds. The number of likely N-dealkylation sites (N-methyl/N-ethyl adjacent to an activating group) is 1. The van der Waals surface area contributed by atoms with Gasteiger partial charge in [-0.3, -0.25) is 9.36 Å². The predicted octanol–water partition coefficient (Wildman–Crippen LogP) is 22.2. The molecule has 2 N–H and O–H groups in total. The second-order valence-electron chi connectivity index (χ2n) is 24.8. The van der Waals surface area contributed by atoms with Gasteiger partial charge >= 0.3 is 0 Å². The molecule has 85 heavy (non-hydrogen) atoms. The summed E-state index contributed by atoms with van der Waals surface area (Å²) in [7, 11) is 1.22. The number of hydrogen-bond acceptors (Lipinski definition) is 6. The first kappa shape index (κ1) is 81.9. The molecule has 9 heteroatoms. The Labute approximate surface area is 526 Å². The number of phosphoric acid groups is 1. The molecule has 0 saturated heterocycles. The number of aliphatic hydroxyl groups excluding tert-OH is 1. The average molecular weight is 1200 g/mol. The number of allylic oxidation sites excluding steroid dienone is 19. The number of hydrogen-bond donors (Lipinski definition) is 2. The molecule has 0 aromatic carbocycles. The molecule has 3 atom stereocenters. The fourth-order valence-electron chi connectivity index (χ4n) is 9.93. The van der Waals surface area contributed by atoms with Crippen LogP contribution in [0.25, 0.3) is 0 Å². The van der Waals surface area contributed by atoms with E-state index in [0.29, 0.717) is 17.4 Å². The van der Waals surface area contributed by atoms with E-state index in [0.717, 1.165) is 96.3 Å². The van der Waals surface area contributed by atoms with Crippen molar-refractivity contribution in [2.24, 2.45) is 0 Å². The zero-order valence-corrected chi connectivity index (χ0v) is 56.9. The van der Waals surface area contributed by atoms with Crippen molar-refractivity contribution in [2.75, 3.05) is 40.9 Å². The van der Waals surface area contributed by atoms with Gasteiger partial charge < -0.3 is 28.8 Å². The molecular formula is C76H135N2O6P. The summed E-state index contributed by atoms with van der Waals surface area (Å²) in [5.41, 5.74) is 0. The number of rotatable bonds is 64. The molecule has 0 aliphatic carbocycles. The standard InChI is InChI=1S/C76H135N2O6P/c1-6-8-10-12-14-16-18-20-22-24-26-28-30-32-34-36-38-39-40-42-44-46-48-50-52-54-56-58-60-62-64-66-68-70-76(80)77-74(73-84-85(81,82)83-72-71-78(3,4)5)75(79)69-67-65-63-61-59-57-55-53-51-49-47-45-43-41-37-35-33-31-29-27-25-23-21-19-17-15-13-11-9-7-2/h8,10,14,16,20,22,26,28,32,34,38-39,42,44,51,53,59,61,67,69,74-75,79H,6-7,9,11-13,15,17-19,21,23-25,27,29-31,33,35-37,40-41,43,45-50,52,54-58,60,62-66,68,70-73H2,1-5H3,(H-,77,80,81,82)/b10-8-,16-14-,22-20-,28-26-,34-32-,39-38-,44-42-,53-51+,61-59+,69-67+. The SMILES string of the molecule is CC/C=C\C/C=C\C/C=C\C/C=C\C/C=C\C/C=C\C/C=C\CCCCCCCCCCCCCC(=O)NC(COP(=O)([O-])OCC[N+](C)(C)C)C(O)/C=C/CC/C=C/CC/C=C/CCCCCCCCCCCCCCCCCCCCCC. The van der Waals surface area contributed by atoms with Crippen molar-refractivity contribution in [1.29, 1.82) is 0 Å². The molecule has 0 aromatic rings. The molecule has 0 aliphatic heterocycles. The molecule has 0 aromatic heterocycles. The third-order valence-corrected chi connectivity index (χ3v) is 16.3. The van der Waals surface area contributed by atoms with Crippen LogP contribution in [0.2, 0.25) is 0 Å². The van der Waals surface area contributed by atoms with Gasteiger partial charge in [0.25, 0.3) is 7.82 Å². The topological polar surface area (TPSA) is 108 Å². The van der Waals surface area contributed by atoms with Gasteiger partial charge in [0.05, 0.1) is 39.9 Å². The first-order valence-corrected chi connectivity index (χ1v) is 36.9. The van der Waals surface area contributed by atoms with Crippen molar-refractivity contribution in [3.8, 4) is 0 Å². The van der Waals surface area contributed by atoms with Crippen LogP contribution >= 0.6 is 7.82 Å². The largest absolute Gasteiger partial charge is 0.756 e. The molecule has 0 fully saturated rings. The van der Waals surface area contributed by atoms with Gasteiger partial charge in [0.1, 0.15) is 13.2 Å². The Morgan fingerprint density at radius 1 is 0.424 bits per heavy atom. The number of carbonyl (C=O) groups excluding carboxylic acids is 1. The summed E-state index contributed by atoms with van der Waals surface area (Å²) >= 11 is 0. The maximum Gasteiger partial charge on any atom is 0.268 e. The maximum absolute atomic E-state index is 13.0. The summed E-state index contributed by atoms with van der Waals surface area (Å²) < 4.78 is 23.4. The summed E-state index contributed by atoms with van der Waals surface area (Å²) in [6.07, 6.45) is 97.5. The van der Waals surface area contributed by atoms with Crippen molar-refractivity contribution in [2.45, 2.75) is 315 Å². The molecule has 8 nitrogen and oxygen atoms in total. The predicted molar refractivity (Wildman–Crippen MR) is 371 cm³/mol. The van der Waals surface area contributed by atoms with E-state index < -0.39 is 26.6 Å². The average Bonchev–Trinajstić information content (AvgIpc) is 3.49. The lowest BCUT2D eigenvalue weighted by Gasteiger charge is -2.29. The van der Waals surface area contributed by atoms with Gasteiger partial charge in [0, 0.05) is 6.42 Å². The van der Waals surface area contributed by atoms with Crippen LogP contribution in [0.4, 0.5) is 0 Å². The summed E-state index contributed by atoms with van der Waals surface area (Å²) in [5, 5.41) is 13.9. The molecule has 0 rings (SSSR count). The molecule has 0 radical (unpaired) electrons. The summed E-state index contributed by atoms with van der Waals surface area (Å²) in [6, 6.07) is -0.922. The van der Waals surface area contributed by atoms with E-state index in [1.54, 1.807) is 6.08 Å². The van der Waals surface area contributed by atoms with Crippen LogP contribution in [0.1, 0.15) is 303 Å². The Morgan fingerprint density at radius 3 is 1.09 bits per heavy atom. The Hall–Kier alpha value is -3.10. The molecule has 3 unspecified atom stereocenters. The monoisotopic (exact) mass is 1200 g/mol. The maximum atomic E-state index is 13.0. The Morgan fingerprint density at radius 2 is 0.729 bits per heavy atom. The number of amides is 1. The van der Waals surface area contributed by atoms with Crippen LogP contribution in [0.15, 0.2) is 122 Å². The third kappa shape index (κ3) is 68.3. The number of aliphatic hydroxyl groups is 1. The lowest BCUT2D eigenvalue weighted by atomic mass is 10.0. The third-order valence-electron chi connectivity index (χ3n) is 15.4. The smallest absolute Gasteiger partial charge is 0.268 e. The van der Waals surface area contributed by atoms with E-state index >= 15 is 0 Å². The van der Waals surface area contributed by atoms with Gasteiger partial charge in [0.15, 0.2) is 0 Å². The number of carbonyl (C=O) groups is 1. The molecule has 0 spiro atoms. The van der Waals surface area contributed by atoms with Crippen LogP contribution in [0.5, 0.6) is 0 Å². The normalized spacial score (nSPS) is 14.4. The Balaban J connectivity index is 4.18. The van der Waals surface area contributed by atoms with Crippen LogP contribution in [0.3, 0.4) is 0 Å².